The van der Waals surface area contributed by atoms with Crippen LogP contribution >= 0.6 is 0 Å². The lowest BCUT2D eigenvalue weighted by Crippen LogP contribution is -2.28. The number of anilines is 2. The molecule has 190 valence electrons. The highest BCUT2D eigenvalue weighted by Gasteiger charge is 2.38. The van der Waals surface area contributed by atoms with Crippen LogP contribution in [0.1, 0.15) is 40.0 Å². The number of rotatable bonds is 5. The normalized spacial score (nSPS) is 15.3. The molecule has 1 fully saturated rings. The molecule has 0 unspecified atom stereocenters. The molecule has 1 amide bonds. The van der Waals surface area contributed by atoms with E-state index < -0.39 is 12.1 Å². The number of carboxylic acid groups (broad SMARTS) is 1. The monoisotopic (exact) mass is 494 g/mol. The van der Waals surface area contributed by atoms with Crippen LogP contribution in [-0.4, -0.2) is 71.8 Å². The summed E-state index contributed by atoms with van der Waals surface area (Å²) < 4.78 is 31.7. The highest BCUT2D eigenvalue weighted by molar-refractivity contribution is 5.99. The summed E-state index contributed by atoms with van der Waals surface area (Å²) in [6, 6.07) is 2.04. The molecule has 12 heteroatoms. The Kier molecular flexibility index (Phi) is 8.13. The van der Waals surface area contributed by atoms with Crippen LogP contribution in [0.15, 0.2) is 18.5 Å². The van der Waals surface area contributed by atoms with Crippen molar-refractivity contribution in [2.45, 2.75) is 38.8 Å². The van der Waals surface area contributed by atoms with E-state index in [1.807, 2.05) is 44.4 Å². The van der Waals surface area contributed by atoms with Gasteiger partial charge in [0.05, 0.1) is 5.56 Å². The van der Waals surface area contributed by atoms with Gasteiger partial charge in [-0.3, -0.25) is 4.79 Å². The topological polar surface area (TPSA) is 112 Å². The van der Waals surface area contributed by atoms with Gasteiger partial charge in [0.2, 0.25) is 5.95 Å². The average Bonchev–Trinajstić information content (AvgIpc) is 3.64. The van der Waals surface area contributed by atoms with Crippen LogP contribution in [0.5, 0.6) is 0 Å². The third kappa shape index (κ3) is 7.27. The van der Waals surface area contributed by atoms with Crippen LogP contribution < -0.4 is 15.1 Å². The summed E-state index contributed by atoms with van der Waals surface area (Å²) in [5.41, 5.74) is 3.94. The maximum atomic E-state index is 12.8. The Labute approximate surface area is 201 Å². The molecule has 0 spiro atoms. The molecule has 1 aliphatic carbocycles. The fourth-order valence-electron chi connectivity index (χ4n) is 3.53. The lowest BCUT2D eigenvalue weighted by molar-refractivity contribution is -0.192. The number of nitrogens with zero attached hydrogens (tertiary/aromatic N) is 5. The third-order valence-electron chi connectivity index (χ3n) is 5.65. The number of amides is 1. The summed E-state index contributed by atoms with van der Waals surface area (Å²) in [4.78, 5) is 39.6. The molecule has 2 aromatic heterocycles. The van der Waals surface area contributed by atoms with Gasteiger partial charge in [0.1, 0.15) is 5.82 Å². The minimum atomic E-state index is -5.08. The zero-order valence-electron chi connectivity index (χ0n) is 19.9. The molecule has 9 nitrogen and oxygen atoms in total. The molecule has 2 N–H and O–H groups in total. The van der Waals surface area contributed by atoms with Gasteiger partial charge in [-0.05, 0) is 49.3 Å². The van der Waals surface area contributed by atoms with E-state index in [9.17, 15) is 18.0 Å². The molecule has 3 heterocycles. The van der Waals surface area contributed by atoms with E-state index in [2.05, 4.69) is 20.2 Å². The Morgan fingerprint density at radius 3 is 2.31 bits per heavy atom. The second-order valence-corrected chi connectivity index (χ2v) is 8.86. The zero-order valence-corrected chi connectivity index (χ0v) is 19.9. The number of nitrogens with one attached hydrogen (secondary N) is 1. The van der Waals surface area contributed by atoms with E-state index in [1.54, 1.807) is 0 Å². The molecule has 1 saturated carbocycles. The summed E-state index contributed by atoms with van der Waals surface area (Å²) in [7, 11) is 3.88. The number of hydrogen-bond acceptors (Lipinski definition) is 7. The number of carbonyl (C=O) groups is 2. The number of aliphatic carboxylic acids is 1. The number of pyridine rings is 1. The van der Waals surface area contributed by atoms with Crippen molar-refractivity contribution in [2.24, 2.45) is 5.92 Å². The summed E-state index contributed by atoms with van der Waals surface area (Å²) >= 11 is 0. The van der Waals surface area contributed by atoms with Crippen LogP contribution in [0.2, 0.25) is 0 Å². The highest BCUT2D eigenvalue weighted by atomic mass is 19.4. The molecular formula is C23H29F3N6O3. The van der Waals surface area contributed by atoms with E-state index in [0.717, 1.165) is 61.1 Å². The van der Waals surface area contributed by atoms with Gasteiger partial charge < -0.3 is 20.2 Å². The average molecular weight is 495 g/mol. The summed E-state index contributed by atoms with van der Waals surface area (Å²) in [5.74, 6) is -0.620. The minimum Gasteiger partial charge on any atom is -0.475 e. The van der Waals surface area contributed by atoms with Crippen molar-refractivity contribution < 1.29 is 27.9 Å². The van der Waals surface area contributed by atoms with Crippen LogP contribution in [0, 0.1) is 12.8 Å². The SMILES string of the molecule is Cc1cnc(N2CCc3cc(C(=O)NCC4CC4)c(N(C)C)nc3CC2)nc1.O=C(O)C(F)(F)F. The zero-order chi connectivity index (χ0) is 25.8. The Hall–Kier alpha value is -3.44. The van der Waals surface area contributed by atoms with Gasteiger partial charge in [-0.25, -0.2) is 19.7 Å². The van der Waals surface area contributed by atoms with Crippen molar-refractivity contribution in [3.63, 3.8) is 0 Å². The number of hydrogen-bond donors (Lipinski definition) is 2. The van der Waals surface area contributed by atoms with Crippen LogP contribution in [0.3, 0.4) is 0 Å². The quantitative estimate of drug-likeness (QED) is 0.653. The number of aromatic nitrogens is 3. The highest BCUT2D eigenvalue weighted by Crippen LogP contribution is 2.28. The number of carboxylic acids is 1. The van der Waals surface area contributed by atoms with Crippen molar-refractivity contribution in [3.05, 3.63) is 40.8 Å². The molecule has 0 aromatic carbocycles. The maximum Gasteiger partial charge on any atom is 0.490 e. The molecule has 0 saturated heterocycles. The third-order valence-corrected chi connectivity index (χ3v) is 5.65. The first kappa shape index (κ1) is 26.2. The number of carbonyl (C=O) groups excluding carboxylic acids is 1. The van der Waals surface area contributed by atoms with Crippen molar-refractivity contribution >= 4 is 23.6 Å². The van der Waals surface area contributed by atoms with Gasteiger partial charge in [-0.2, -0.15) is 13.2 Å². The van der Waals surface area contributed by atoms with Crippen molar-refractivity contribution in [1.29, 1.82) is 0 Å². The second-order valence-electron chi connectivity index (χ2n) is 8.86. The van der Waals surface area contributed by atoms with Gasteiger partial charge >= 0.3 is 12.1 Å². The van der Waals surface area contributed by atoms with E-state index in [0.29, 0.717) is 11.5 Å². The molecule has 0 radical (unpaired) electrons. The Bertz CT molecular complexity index is 1060. The molecule has 0 atom stereocenters. The van der Waals surface area contributed by atoms with Crippen molar-refractivity contribution in [3.8, 4) is 0 Å². The first-order chi connectivity index (χ1) is 16.5. The Balaban J connectivity index is 0.000000429. The van der Waals surface area contributed by atoms with Gasteiger partial charge in [0.15, 0.2) is 0 Å². The Morgan fingerprint density at radius 2 is 1.77 bits per heavy atom. The number of fused-ring (bicyclic) bond motifs is 1. The molecule has 2 aliphatic rings. The summed E-state index contributed by atoms with van der Waals surface area (Å²) in [5, 5.41) is 10.2. The maximum absolute atomic E-state index is 12.8. The largest absolute Gasteiger partial charge is 0.490 e. The molecule has 1 aliphatic heterocycles. The van der Waals surface area contributed by atoms with Gasteiger partial charge in [-0.15, -0.1) is 0 Å². The van der Waals surface area contributed by atoms with Gasteiger partial charge in [-0.1, -0.05) is 0 Å². The van der Waals surface area contributed by atoms with Crippen molar-refractivity contribution in [1.82, 2.24) is 20.3 Å². The van der Waals surface area contributed by atoms with Gasteiger partial charge in [0, 0.05) is 58.2 Å². The first-order valence-corrected chi connectivity index (χ1v) is 11.3. The molecule has 0 bridgehead atoms. The standard InChI is InChI=1S/C21H28N6O.C2HF3O2/c1-14-11-23-21(24-12-14)27-8-6-16-10-17(20(28)22-13-15-4-5-15)19(26(2)3)25-18(16)7-9-27;3-2(4,5)1(6)7/h10-12,15H,4-9,13H2,1-3H3,(H,22,28);(H,6,7). The predicted octanol–water partition coefficient (Wildman–Crippen LogP) is 2.62. The molecule has 2 aromatic rings. The number of aryl methyl sites for hydroxylation is 1. The molecule has 35 heavy (non-hydrogen) atoms. The fourth-order valence-corrected chi connectivity index (χ4v) is 3.53. The summed E-state index contributed by atoms with van der Waals surface area (Å²) in [6.07, 6.45) is 2.71. The van der Waals surface area contributed by atoms with E-state index in [1.165, 1.54) is 12.8 Å². The number of alkyl halides is 3. The smallest absolute Gasteiger partial charge is 0.475 e. The number of halogens is 3. The van der Waals surface area contributed by atoms with E-state index in [4.69, 9.17) is 14.9 Å². The molecule has 4 rings (SSSR count). The van der Waals surface area contributed by atoms with E-state index >= 15 is 0 Å². The summed E-state index contributed by atoms with van der Waals surface area (Å²) in [6.45, 7) is 4.40. The predicted molar refractivity (Wildman–Crippen MR) is 124 cm³/mol. The first-order valence-electron chi connectivity index (χ1n) is 11.3. The Morgan fingerprint density at radius 1 is 1.17 bits per heavy atom. The van der Waals surface area contributed by atoms with Crippen LogP contribution in [0.4, 0.5) is 24.9 Å². The lowest BCUT2D eigenvalue weighted by atomic mass is 10.0. The minimum absolute atomic E-state index is 0.0196. The van der Waals surface area contributed by atoms with Crippen molar-refractivity contribution in [2.75, 3.05) is 43.5 Å². The molecular weight excluding hydrogens is 465 g/mol. The van der Waals surface area contributed by atoms with Crippen LogP contribution in [0.25, 0.3) is 0 Å². The lowest BCUT2D eigenvalue weighted by Gasteiger charge is -2.19. The fraction of sp³-hybridized carbons (Fsp3) is 0.522. The second kappa shape index (κ2) is 10.9. The van der Waals surface area contributed by atoms with Crippen LogP contribution in [-0.2, 0) is 17.6 Å². The van der Waals surface area contributed by atoms with Gasteiger partial charge in [0.25, 0.3) is 5.91 Å². The van der Waals surface area contributed by atoms with E-state index in [-0.39, 0.29) is 5.91 Å².